The minimum Gasteiger partial charge on any atom is -0.396 e. The van der Waals surface area contributed by atoms with Gasteiger partial charge in [0.2, 0.25) is 0 Å². The van der Waals surface area contributed by atoms with Crippen LogP contribution < -0.4 is 5.32 Å². The molecule has 1 aliphatic carbocycles. The summed E-state index contributed by atoms with van der Waals surface area (Å²) in [6, 6.07) is 0.0622. The van der Waals surface area contributed by atoms with Crippen LogP contribution in [-0.4, -0.2) is 59.5 Å². The van der Waals surface area contributed by atoms with Gasteiger partial charge in [-0.2, -0.15) is 0 Å². The molecule has 4 unspecified atom stereocenters. The summed E-state index contributed by atoms with van der Waals surface area (Å²) >= 11 is 1.27. The molecule has 1 saturated heterocycles. The second-order valence-electron chi connectivity index (χ2n) is 4.37. The summed E-state index contributed by atoms with van der Waals surface area (Å²) in [5.74, 6) is 0.0995. The van der Waals surface area contributed by atoms with Crippen LogP contribution in [0.25, 0.3) is 0 Å². The highest BCUT2D eigenvalue weighted by atomic mass is 32.2. The molecule has 0 spiro atoms. The van der Waals surface area contributed by atoms with Gasteiger partial charge in [0.05, 0.1) is 30.5 Å². The van der Waals surface area contributed by atoms with Crippen LogP contribution in [0.15, 0.2) is 0 Å². The lowest BCUT2D eigenvalue weighted by Crippen LogP contribution is -2.36. The molecule has 2 rings (SSSR count). The molecule has 0 aromatic rings. The maximum atomic E-state index is 9.63. The summed E-state index contributed by atoms with van der Waals surface area (Å²) in [6.07, 6.45) is 0.295. The van der Waals surface area contributed by atoms with Crippen molar-refractivity contribution in [2.75, 3.05) is 26.7 Å². The third kappa shape index (κ3) is 3.81. The zero-order valence-corrected chi connectivity index (χ0v) is 11.6. The van der Waals surface area contributed by atoms with Crippen LogP contribution >= 0.6 is 12.2 Å². The summed E-state index contributed by atoms with van der Waals surface area (Å²) < 4.78 is 7.31. The standard InChI is InChI=1S/C7H13NO3S.C4H11N/c1-8-6-5(10)2-4(3-9)7(6)11-12-8;1-3-5-4-2/h4-7,9-10H,2-3H2,1H3;5H,3-4H2,1-2H3. The Bertz CT molecular complexity index is 219. The lowest BCUT2D eigenvalue weighted by molar-refractivity contribution is 0.105. The normalized spacial score (nSPS) is 36.5. The molecule has 3 N–H and O–H groups in total. The van der Waals surface area contributed by atoms with Crippen molar-refractivity contribution in [2.45, 2.75) is 38.5 Å². The Labute approximate surface area is 108 Å². The molecule has 0 bridgehead atoms. The van der Waals surface area contributed by atoms with E-state index in [1.165, 1.54) is 12.2 Å². The zero-order valence-electron chi connectivity index (χ0n) is 10.8. The number of nitrogens with one attached hydrogen (secondary N) is 1. The number of aliphatic hydroxyl groups excluding tert-OH is 2. The average Bonchev–Trinajstić information content (AvgIpc) is 2.83. The Balaban J connectivity index is 0.000000249. The highest BCUT2D eigenvalue weighted by Crippen LogP contribution is 2.41. The largest absolute Gasteiger partial charge is 0.396 e. The summed E-state index contributed by atoms with van der Waals surface area (Å²) in [4.78, 5) is 0. The quantitative estimate of drug-likeness (QED) is 0.501. The molecule has 0 radical (unpaired) electrons. The van der Waals surface area contributed by atoms with Gasteiger partial charge in [0, 0.05) is 19.6 Å². The van der Waals surface area contributed by atoms with Crippen molar-refractivity contribution in [1.82, 2.24) is 9.62 Å². The second-order valence-corrected chi connectivity index (χ2v) is 5.29. The van der Waals surface area contributed by atoms with Crippen LogP contribution in [0, 0.1) is 5.92 Å². The van der Waals surface area contributed by atoms with Crippen molar-refractivity contribution in [1.29, 1.82) is 0 Å². The fourth-order valence-electron chi connectivity index (χ4n) is 2.26. The minimum atomic E-state index is -0.354. The highest BCUT2D eigenvalue weighted by Gasteiger charge is 2.49. The molecule has 2 aliphatic rings. The van der Waals surface area contributed by atoms with Gasteiger partial charge in [-0.05, 0) is 19.5 Å². The molecule has 17 heavy (non-hydrogen) atoms. The van der Waals surface area contributed by atoms with Crippen LogP contribution in [0.2, 0.25) is 0 Å². The highest BCUT2D eigenvalue weighted by molar-refractivity contribution is 7.92. The predicted molar refractivity (Wildman–Crippen MR) is 69.4 cm³/mol. The fourth-order valence-corrected chi connectivity index (χ4v) is 3.13. The molecule has 1 aliphatic heterocycles. The Morgan fingerprint density at radius 2 is 2.06 bits per heavy atom. The summed E-state index contributed by atoms with van der Waals surface area (Å²) in [5.41, 5.74) is 0. The van der Waals surface area contributed by atoms with E-state index in [1.54, 1.807) is 0 Å². The van der Waals surface area contributed by atoms with Crippen molar-refractivity contribution < 1.29 is 14.4 Å². The van der Waals surface area contributed by atoms with E-state index in [9.17, 15) is 5.11 Å². The van der Waals surface area contributed by atoms with Crippen molar-refractivity contribution in [3.05, 3.63) is 0 Å². The van der Waals surface area contributed by atoms with Gasteiger partial charge in [-0.25, -0.2) is 4.31 Å². The molecule has 1 saturated carbocycles. The fraction of sp³-hybridized carbons (Fsp3) is 1.00. The van der Waals surface area contributed by atoms with E-state index in [4.69, 9.17) is 9.29 Å². The van der Waals surface area contributed by atoms with Gasteiger partial charge in [-0.1, -0.05) is 13.8 Å². The minimum absolute atomic E-state index is 0.000000000000000222. The Kier molecular flexibility index (Phi) is 6.76. The molecule has 2 fully saturated rings. The number of likely N-dealkylation sites (N-methyl/N-ethyl adjacent to an activating group) is 1. The smallest absolute Gasteiger partial charge is 0.0977 e. The SMILES string of the molecule is CCNCC.CN1SOC2C(CO)CC(O)C21. The number of rotatable bonds is 3. The predicted octanol–water partition coefficient (Wildman–Crippen LogP) is 0.238. The van der Waals surface area contributed by atoms with E-state index in [0.29, 0.717) is 6.42 Å². The molecule has 4 atom stereocenters. The molecule has 102 valence electrons. The number of fused-ring (bicyclic) bond motifs is 1. The lowest BCUT2D eigenvalue weighted by Gasteiger charge is -2.17. The van der Waals surface area contributed by atoms with Gasteiger partial charge >= 0.3 is 0 Å². The molecule has 0 aromatic heterocycles. The summed E-state index contributed by atoms with van der Waals surface area (Å²) in [5, 5.41) is 21.7. The first-order chi connectivity index (χ1) is 8.15. The molecule has 0 amide bonds. The number of hydrogen-bond acceptors (Lipinski definition) is 6. The van der Waals surface area contributed by atoms with E-state index < -0.39 is 0 Å². The molecule has 1 heterocycles. The maximum Gasteiger partial charge on any atom is 0.0977 e. The summed E-state index contributed by atoms with van der Waals surface area (Å²) in [7, 11) is 1.90. The van der Waals surface area contributed by atoms with Crippen molar-refractivity contribution in [3.8, 4) is 0 Å². The zero-order chi connectivity index (χ0) is 12.8. The van der Waals surface area contributed by atoms with Gasteiger partial charge < -0.3 is 15.5 Å². The van der Waals surface area contributed by atoms with Gasteiger partial charge in [0.1, 0.15) is 0 Å². The van der Waals surface area contributed by atoms with Crippen molar-refractivity contribution in [2.24, 2.45) is 5.92 Å². The average molecular weight is 264 g/mol. The topological polar surface area (TPSA) is 65.0 Å². The Morgan fingerprint density at radius 1 is 1.41 bits per heavy atom. The van der Waals surface area contributed by atoms with Crippen molar-refractivity contribution >= 4 is 12.2 Å². The van der Waals surface area contributed by atoms with E-state index in [-0.39, 0.29) is 30.8 Å². The first-order valence-corrected chi connectivity index (χ1v) is 6.91. The van der Waals surface area contributed by atoms with E-state index in [1.807, 2.05) is 11.4 Å². The van der Waals surface area contributed by atoms with Gasteiger partial charge in [-0.15, -0.1) is 0 Å². The Morgan fingerprint density at radius 3 is 2.53 bits per heavy atom. The van der Waals surface area contributed by atoms with E-state index in [0.717, 1.165) is 13.1 Å². The van der Waals surface area contributed by atoms with Gasteiger partial charge in [0.25, 0.3) is 0 Å². The monoisotopic (exact) mass is 264 g/mol. The first-order valence-electron chi connectivity index (χ1n) is 6.21. The number of aliphatic hydroxyl groups is 2. The third-order valence-corrected chi connectivity index (χ3v) is 3.95. The summed E-state index contributed by atoms with van der Waals surface area (Å²) in [6.45, 7) is 6.49. The number of nitrogens with zero attached hydrogens (tertiary/aromatic N) is 1. The van der Waals surface area contributed by atoms with Crippen LogP contribution in [0.5, 0.6) is 0 Å². The second kappa shape index (κ2) is 7.56. The maximum absolute atomic E-state index is 9.63. The van der Waals surface area contributed by atoms with E-state index >= 15 is 0 Å². The van der Waals surface area contributed by atoms with Crippen LogP contribution in [0.4, 0.5) is 0 Å². The Hall–Kier alpha value is 0.150. The van der Waals surface area contributed by atoms with Crippen LogP contribution in [-0.2, 0) is 4.18 Å². The molecule has 6 heteroatoms. The molecular formula is C11H24N2O3S. The van der Waals surface area contributed by atoms with Gasteiger partial charge in [-0.3, -0.25) is 4.18 Å². The molecule has 5 nitrogen and oxygen atoms in total. The third-order valence-electron chi connectivity index (χ3n) is 3.17. The van der Waals surface area contributed by atoms with Crippen LogP contribution in [0.3, 0.4) is 0 Å². The van der Waals surface area contributed by atoms with Gasteiger partial charge in [0.15, 0.2) is 0 Å². The van der Waals surface area contributed by atoms with E-state index in [2.05, 4.69) is 19.2 Å². The molecular weight excluding hydrogens is 240 g/mol. The van der Waals surface area contributed by atoms with Crippen molar-refractivity contribution in [3.63, 3.8) is 0 Å². The first kappa shape index (κ1) is 15.2. The lowest BCUT2D eigenvalue weighted by atomic mass is 10.1. The molecule has 0 aromatic carbocycles. The van der Waals surface area contributed by atoms with Crippen LogP contribution in [0.1, 0.15) is 20.3 Å². The number of hydrogen-bond donors (Lipinski definition) is 3.